The third-order valence-corrected chi connectivity index (χ3v) is 5.69. The number of carbonyl (C=O) groups excluding carboxylic acids is 1. The maximum Gasteiger partial charge on any atom is 0.268 e. The number of hydrogen-bond donors (Lipinski definition) is 1. The van der Waals surface area contributed by atoms with Crippen LogP contribution >= 0.6 is 11.3 Å². The minimum absolute atomic E-state index is 0.0352. The van der Waals surface area contributed by atoms with E-state index in [-0.39, 0.29) is 5.91 Å². The first-order chi connectivity index (χ1) is 13.1. The van der Waals surface area contributed by atoms with Crippen molar-refractivity contribution in [1.29, 1.82) is 0 Å². The van der Waals surface area contributed by atoms with Gasteiger partial charge in [0.15, 0.2) is 0 Å². The molecule has 0 aliphatic heterocycles. The topological polar surface area (TPSA) is 34.0 Å². The van der Waals surface area contributed by atoms with Gasteiger partial charge in [0.1, 0.15) is 5.69 Å². The average molecular weight is 375 g/mol. The summed E-state index contributed by atoms with van der Waals surface area (Å²) in [7, 11) is 0. The van der Waals surface area contributed by atoms with E-state index in [0.29, 0.717) is 18.8 Å². The first-order valence-corrected chi connectivity index (χ1v) is 9.89. The second-order valence-electron chi connectivity index (χ2n) is 6.88. The van der Waals surface area contributed by atoms with Crippen LogP contribution < -0.4 is 5.32 Å². The summed E-state index contributed by atoms with van der Waals surface area (Å²) in [5, 5.41) is 3.06. The van der Waals surface area contributed by atoms with E-state index in [1.807, 2.05) is 36.4 Å². The van der Waals surface area contributed by atoms with Crippen LogP contribution in [0.25, 0.3) is 10.2 Å². The van der Waals surface area contributed by atoms with E-state index in [0.717, 1.165) is 15.8 Å². The number of nitrogens with zero attached hydrogens (tertiary/aromatic N) is 1. The summed E-state index contributed by atoms with van der Waals surface area (Å²) >= 11 is 1.73. The van der Waals surface area contributed by atoms with Gasteiger partial charge < -0.3 is 9.88 Å². The van der Waals surface area contributed by atoms with Crippen LogP contribution in [-0.4, -0.2) is 10.5 Å². The molecule has 0 atom stereocenters. The molecule has 4 aromatic rings. The number of nitrogens with one attached hydrogen (secondary N) is 1. The van der Waals surface area contributed by atoms with Crippen LogP contribution in [0.1, 0.15) is 32.1 Å². The van der Waals surface area contributed by atoms with Crippen molar-refractivity contribution in [2.24, 2.45) is 0 Å². The molecular formula is C23H22N2OS. The summed E-state index contributed by atoms with van der Waals surface area (Å²) in [6, 6.07) is 22.7. The first kappa shape index (κ1) is 17.6. The Kier molecular flexibility index (Phi) is 4.82. The first-order valence-electron chi connectivity index (χ1n) is 9.07. The van der Waals surface area contributed by atoms with Crippen LogP contribution in [0.4, 0.5) is 0 Å². The Balaban J connectivity index is 1.64. The molecule has 4 heteroatoms. The van der Waals surface area contributed by atoms with E-state index in [4.69, 9.17) is 0 Å². The number of thiophene rings is 1. The lowest BCUT2D eigenvalue weighted by molar-refractivity contribution is 0.0942. The Morgan fingerprint density at radius 3 is 2.44 bits per heavy atom. The summed E-state index contributed by atoms with van der Waals surface area (Å²) < 4.78 is 3.29. The number of aryl methyl sites for hydroxylation is 2. The molecule has 0 fully saturated rings. The van der Waals surface area contributed by atoms with Crippen LogP contribution in [0.3, 0.4) is 0 Å². The molecule has 2 aromatic heterocycles. The number of amides is 1. The summed E-state index contributed by atoms with van der Waals surface area (Å²) in [6.07, 6.45) is 0. The molecule has 1 N–H and O–H groups in total. The van der Waals surface area contributed by atoms with E-state index in [1.54, 1.807) is 11.3 Å². The van der Waals surface area contributed by atoms with Crippen molar-refractivity contribution in [2.45, 2.75) is 26.9 Å². The largest absolute Gasteiger partial charge is 0.347 e. The predicted molar refractivity (Wildman–Crippen MR) is 112 cm³/mol. The van der Waals surface area contributed by atoms with Crippen LogP contribution in [0.2, 0.25) is 0 Å². The fourth-order valence-corrected chi connectivity index (χ4v) is 4.23. The van der Waals surface area contributed by atoms with Crippen molar-refractivity contribution in [3.8, 4) is 0 Å². The van der Waals surface area contributed by atoms with Crippen molar-refractivity contribution in [2.75, 3.05) is 0 Å². The molecule has 1 amide bonds. The van der Waals surface area contributed by atoms with Gasteiger partial charge in [-0.25, -0.2) is 0 Å². The molecule has 0 saturated heterocycles. The Bertz CT molecular complexity index is 1070. The van der Waals surface area contributed by atoms with Gasteiger partial charge in [0.2, 0.25) is 0 Å². The van der Waals surface area contributed by atoms with E-state index < -0.39 is 0 Å². The lowest BCUT2D eigenvalue weighted by atomic mass is 10.1. The zero-order valence-electron chi connectivity index (χ0n) is 15.5. The number of aromatic nitrogens is 1. The van der Waals surface area contributed by atoms with E-state index in [2.05, 4.69) is 54.1 Å². The highest BCUT2D eigenvalue weighted by Crippen LogP contribution is 2.29. The van der Waals surface area contributed by atoms with Crippen molar-refractivity contribution < 1.29 is 4.79 Å². The normalized spacial score (nSPS) is 11.0. The van der Waals surface area contributed by atoms with Crippen molar-refractivity contribution >= 4 is 27.5 Å². The third-order valence-electron chi connectivity index (χ3n) is 4.70. The number of benzene rings is 2. The molecule has 0 saturated carbocycles. The van der Waals surface area contributed by atoms with Gasteiger partial charge in [-0.15, -0.1) is 11.3 Å². The van der Waals surface area contributed by atoms with Gasteiger partial charge in [0.25, 0.3) is 5.91 Å². The molecule has 27 heavy (non-hydrogen) atoms. The molecule has 0 radical (unpaired) electrons. The van der Waals surface area contributed by atoms with E-state index in [1.165, 1.54) is 16.0 Å². The van der Waals surface area contributed by atoms with Gasteiger partial charge in [-0.05, 0) is 37.1 Å². The van der Waals surface area contributed by atoms with Gasteiger partial charge in [-0.2, -0.15) is 0 Å². The highest BCUT2D eigenvalue weighted by Gasteiger charge is 2.17. The molecule has 136 valence electrons. The minimum Gasteiger partial charge on any atom is -0.347 e. The van der Waals surface area contributed by atoms with Crippen LogP contribution in [0.15, 0.2) is 66.7 Å². The Morgan fingerprint density at radius 1 is 0.963 bits per heavy atom. The van der Waals surface area contributed by atoms with Crippen LogP contribution in [-0.2, 0) is 13.1 Å². The van der Waals surface area contributed by atoms with Gasteiger partial charge >= 0.3 is 0 Å². The third kappa shape index (κ3) is 3.81. The van der Waals surface area contributed by atoms with E-state index in [9.17, 15) is 4.79 Å². The molecule has 2 heterocycles. The second-order valence-corrected chi connectivity index (χ2v) is 8.16. The standard InChI is InChI=1S/C23H22N2OS/c1-16-8-10-19(11-9-16)15-25-20-12-17(2)27-22(20)13-21(25)23(26)24-14-18-6-4-3-5-7-18/h3-13H,14-15H2,1-2H3,(H,24,26). The fourth-order valence-electron chi connectivity index (χ4n) is 3.27. The molecule has 3 nitrogen and oxygen atoms in total. The second kappa shape index (κ2) is 7.41. The highest BCUT2D eigenvalue weighted by atomic mass is 32.1. The molecule has 0 bridgehead atoms. The van der Waals surface area contributed by atoms with Crippen molar-refractivity contribution in [3.63, 3.8) is 0 Å². The SMILES string of the molecule is Cc1ccc(Cn2c(C(=O)NCc3ccccc3)cc3sc(C)cc32)cc1. The number of fused-ring (bicyclic) bond motifs is 1. The monoisotopic (exact) mass is 374 g/mol. The maximum absolute atomic E-state index is 12.9. The molecular weight excluding hydrogens is 352 g/mol. The van der Waals surface area contributed by atoms with Crippen molar-refractivity contribution in [3.05, 3.63) is 94.0 Å². The van der Waals surface area contributed by atoms with Crippen LogP contribution in [0, 0.1) is 13.8 Å². The smallest absolute Gasteiger partial charge is 0.268 e. The molecule has 2 aromatic carbocycles. The zero-order valence-corrected chi connectivity index (χ0v) is 16.3. The predicted octanol–water partition coefficient (Wildman–Crippen LogP) is 5.30. The number of rotatable bonds is 5. The fraction of sp³-hybridized carbons (Fsp3) is 0.174. The van der Waals surface area contributed by atoms with Gasteiger partial charge in [-0.1, -0.05) is 60.2 Å². The lowest BCUT2D eigenvalue weighted by Crippen LogP contribution is -2.25. The summed E-state index contributed by atoms with van der Waals surface area (Å²) in [5.74, 6) is -0.0352. The van der Waals surface area contributed by atoms with Crippen LogP contribution in [0.5, 0.6) is 0 Å². The highest BCUT2D eigenvalue weighted by molar-refractivity contribution is 7.19. The molecule has 0 unspecified atom stereocenters. The summed E-state index contributed by atoms with van der Waals surface area (Å²) in [4.78, 5) is 14.2. The molecule has 0 spiro atoms. The minimum atomic E-state index is -0.0352. The zero-order chi connectivity index (χ0) is 18.8. The summed E-state index contributed by atoms with van der Waals surface area (Å²) in [6.45, 7) is 5.41. The van der Waals surface area contributed by atoms with E-state index >= 15 is 0 Å². The molecule has 0 aliphatic carbocycles. The number of hydrogen-bond acceptors (Lipinski definition) is 2. The number of carbonyl (C=O) groups is 1. The van der Waals surface area contributed by atoms with Gasteiger partial charge in [0, 0.05) is 18.0 Å². The van der Waals surface area contributed by atoms with Crippen molar-refractivity contribution in [1.82, 2.24) is 9.88 Å². The quantitative estimate of drug-likeness (QED) is 0.505. The van der Waals surface area contributed by atoms with Gasteiger partial charge in [-0.3, -0.25) is 4.79 Å². The Morgan fingerprint density at radius 2 is 1.70 bits per heavy atom. The Hall–Kier alpha value is -2.85. The summed E-state index contributed by atoms with van der Waals surface area (Å²) in [5.41, 5.74) is 5.37. The maximum atomic E-state index is 12.9. The lowest BCUT2D eigenvalue weighted by Gasteiger charge is -2.11. The molecule has 0 aliphatic rings. The average Bonchev–Trinajstić information content (AvgIpc) is 3.19. The van der Waals surface area contributed by atoms with Gasteiger partial charge in [0.05, 0.1) is 10.2 Å². The molecule has 4 rings (SSSR count). The Labute approximate surface area is 163 Å².